The molecule has 0 aliphatic heterocycles. The number of rotatable bonds is 6. The fourth-order valence-electron chi connectivity index (χ4n) is 2.09. The Hall–Kier alpha value is -2.54. The molecule has 1 heterocycles. The average Bonchev–Trinajstić information content (AvgIpc) is 2.52. The van der Waals surface area contributed by atoms with Gasteiger partial charge in [0.15, 0.2) is 5.56 Å². The number of benzene rings is 1. The summed E-state index contributed by atoms with van der Waals surface area (Å²) in [4.78, 5) is 12.3. The second-order valence-electron chi connectivity index (χ2n) is 5.62. The normalized spacial score (nSPS) is 10.5. The number of nitrogens with zero attached hydrogens (tertiary/aromatic N) is 2. The second kappa shape index (κ2) is 7.46. The average molecular weight is 296 g/mol. The molecule has 0 amide bonds. The third kappa shape index (κ3) is 3.98. The first kappa shape index (κ1) is 15.8. The van der Waals surface area contributed by atoms with E-state index in [1.807, 2.05) is 36.4 Å². The second-order valence-corrected chi connectivity index (χ2v) is 5.62. The SMILES string of the molecule is CC(C)CCn1ccc(OCc2ccccc2)c(C#N)c1=O. The molecule has 0 radical (unpaired) electrons. The van der Waals surface area contributed by atoms with Crippen molar-refractivity contribution in [3.8, 4) is 11.8 Å². The van der Waals surface area contributed by atoms with Crippen LogP contribution in [0.3, 0.4) is 0 Å². The van der Waals surface area contributed by atoms with Gasteiger partial charge in [-0.2, -0.15) is 5.26 Å². The summed E-state index contributed by atoms with van der Waals surface area (Å²) in [6, 6.07) is 13.3. The molecule has 0 saturated carbocycles. The molecule has 0 saturated heterocycles. The number of hydrogen-bond acceptors (Lipinski definition) is 3. The summed E-state index contributed by atoms with van der Waals surface area (Å²) in [6.07, 6.45) is 2.60. The van der Waals surface area contributed by atoms with Crippen molar-refractivity contribution in [3.05, 3.63) is 64.1 Å². The van der Waals surface area contributed by atoms with Gasteiger partial charge in [0, 0.05) is 12.7 Å². The summed E-state index contributed by atoms with van der Waals surface area (Å²) in [6.45, 7) is 5.16. The highest BCUT2D eigenvalue weighted by atomic mass is 16.5. The van der Waals surface area contributed by atoms with Crippen molar-refractivity contribution < 1.29 is 4.74 Å². The molecule has 0 aliphatic carbocycles. The monoisotopic (exact) mass is 296 g/mol. The molecule has 2 aromatic rings. The van der Waals surface area contributed by atoms with Gasteiger partial charge in [-0.3, -0.25) is 4.79 Å². The van der Waals surface area contributed by atoms with Gasteiger partial charge in [0.2, 0.25) is 0 Å². The van der Waals surface area contributed by atoms with Crippen LogP contribution in [0.25, 0.3) is 0 Å². The largest absolute Gasteiger partial charge is 0.487 e. The molecule has 22 heavy (non-hydrogen) atoms. The van der Waals surface area contributed by atoms with Crippen molar-refractivity contribution in [3.63, 3.8) is 0 Å². The van der Waals surface area contributed by atoms with E-state index >= 15 is 0 Å². The van der Waals surface area contributed by atoms with Gasteiger partial charge in [-0.25, -0.2) is 0 Å². The minimum Gasteiger partial charge on any atom is -0.487 e. The van der Waals surface area contributed by atoms with Crippen molar-refractivity contribution in [2.75, 3.05) is 0 Å². The summed E-state index contributed by atoms with van der Waals surface area (Å²) in [5.74, 6) is 0.851. The number of ether oxygens (including phenoxy) is 1. The molecule has 0 spiro atoms. The fraction of sp³-hybridized carbons (Fsp3) is 0.333. The zero-order chi connectivity index (χ0) is 15.9. The van der Waals surface area contributed by atoms with E-state index in [1.54, 1.807) is 16.8 Å². The van der Waals surface area contributed by atoms with E-state index in [-0.39, 0.29) is 11.1 Å². The molecule has 114 valence electrons. The molecule has 4 heteroatoms. The van der Waals surface area contributed by atoms with Crippen molar-refractivity contribution >= 4 is 0 Å². The first-order valence-electron chi connectivity index (χ1n) is 7.42. The van der Waals surface area contributed by atoms with E-state index in [9.17, 15) is 10.1 Å². The van der Waals surface area contributed by atoms with Gasteiger partial charge in [0.25, 0.3) is 5.56 Å². The lowest BCUT2D eigenvalue weighted by Gasteiger charge is -2.11. The number of pyridine rings is 1. The van der Waals surface area contributed by atoms with Crippen LogP contribution in [0.5, 0.6) is 5.75 Å². The Bertz CT molecular complexity index is 712. The smallest absolute Gasteiger partial charge is 0.272 e. The lowest BCUT2D eigenvalue weighted by Crippen LogP contribution is -2.23. The highest BCUT2D eigenvalue weighted by Gasteiger charge is 2.11. The number of aromatic nitrogens is 1. The summed E-state index contributed by atoms with van der Waals surface area (Å²) >= 11 is 0. The van der Waals surface area contributed by atoms with Crippen molar-refractivity contribution in [1.29, 1.82) is 5.26 Å². The number of aryl methyl sites for hydroxylation is 1. The predicted octanol–water partition coefficient (Wildman–Crippen LogP) is 3.35. The fourth-order valence-corrected chi connectivity index (χ4v) is 2.09. The molecule has 4 nitrogen and oxygen atoms in total. The molecule has 1 aromatic heterocycles. The van der Waals surface area contributed by atoms with E-state index < -0.39 is 0 Å². The van der Waals surface area contributed by atoms with Crippen LogP contribution in [0, 0.1) is 17.2 Å². The Morgan fingerprint density at radius 2 is 1.95 bits per heavy atom. The third-order valence-electron chi connectivity index (χ3n) is 3.42. The summed E-state index contributed by atoms with van der Waals surface area (Å²) in [5.41, 5.74) is 0.784. The van der Waals surface area contributed by atoms with Crippen LogP contribution in [0.1, 0.15) is 31.4 Å². The molecule has 0 bridgehead atoms. The maximum absolute atomic E-state index is 12.3. The Kier molecular flexibility index (Phi) is 5.37. The van der Waals surface area contributed by atoms with Crippen molar-refractivity contribution in [2.24, 2.45) is 5.92 Å². The highest BCUT2D eigenvalue weighted by molar-refractivity contribution is 5.40. The molecular formula is C18H20N2O2. The Morgan fingerprint density at radius 1 is 1.23 bits per heavy atom. The zero-order valence-corrected chi connectivity index (χ0v) is 13.0. The van der Waals surface area contributed by atoms with Crippen LogP contribution in [-0.2, 0) is 13.2 Å². The number of nitriles is 1. The van der Waals surface area contributed by atoms with Crippen LogP contribution in [0.2, 0.25) is 0 Å². The first-order chi connectivity index (χ1) is 10.6. The first-order valence-corrected chi connectivity index (χ1v) is 7.42. The van der Waals surface area contributed by atoms with Crippen molar-refractivity contribution in [2.45, 2.75) is 33.4 Å². The van der Waals surface area contributed by atoms with Crippen LogP contribution in [-0.4, -0.2) is 4.57 Å². The molecule has 0 aliphatic rings. The molecular weight excluding hydrogens is 276 g/mol. The van der Waals surface area contributed by atoms with Gasteiger partial charge >= 0.3 is 0 Å². The maximum Gasteiger partial charge on any atom is 0.272 e. The Balaban J connectivity index is 2.17. The number of hydrogen-bond donors (Lipinski definition) is 0. The quantitative estimate of drug-likeness (QED) is 0.821. The van der Waals surface area contributed by atoms with E-state index in [4.69, 9.17) is 4.74 Å². The van der Waals surface area contributed by atoms with Gasteiger partial charge in [0.1, 0.15) is 18.4 Å². The third-order valence-corrected chi connectivity index (χ3v) is 3.42. The van der Waals surface area contributed by atoms with Gasteiger partial charge in [-0.1, -0.05) is 44.2 Å². The summed E-state index contributed by atoms with van der Waals surface area (Å²) < 4.78 is 7.22. The van der Waals surface area contributed by atoms with E-state index in [2.05, 4.69) is 13.8 Å². The molecule has 1 aromatic carbocycles. The minimum atomic E-state index is -0.284. The topological polar surface area (TPSA) is 55.0 Å². The molecule has 0 fully saturated rings. The predicted molar refractivity (Wildman–Crippen MR) is 85.6 cm³/mol. The molecule has 0 unspecified atom stereocenters. The van der Waals surface area contributed by atoms with Crippen LogP contribution in [0.4, 0.5) is 0 Å². The maximum atomic E-state index is 12.3. The van der Waals surface area contributed by atoms with Gasteiger partial charge in [-0.05, 0) is 24.0 Å². The van der Waals surface area contributed by atoms with Crippen LogP contribution < -0.4 is 10.3 Å². The lowest BCUT2D eigenvalue weighted by atomic mass is 10.1. The highest BCUT2D eigenvalue weighted by Crippen LogP contribution is 2.16. The van der Waals surface area contributed by atoms with Gasteiger partial charge in [-0.15, -0.1) is 0 Å². The summed E-state index contributed by atoms with van der Waals surface area (Å²) in [5, 5.41) is 9.25. The van der Waals surface area contributed by atoms with E-state index in [1.165, 1.54) is 0 Å². The Labute approximate surface area is 130 Å². The summed E-state index contributed by atoms with van der Waals surface area (Å²) in [7, 11) is 0. The van der Waals surface area contributed by atoms with Gasteiger partial charge < -0.3 is 9.30 Å². The van der Waals surface area contributed by atoms with Crippen LogP contribution in [0.15, 0.2) is 47.4 Å². The van der Waals surface area contributed by atoms with Gasteiger partial charge in [0.05, 0.1) is 0 Å². The molecule has 0 N–H and O–H groups in total. The van der Waals surface area contributed by atoms with E-state index in [0.29, 0.717) is 24.8 Å². The Morgan fingerprint density at radius 3 is 2.59 bits per heavy atom. The standard InChI is InChI=1S/C18H20N2O2/c1-14(2)8-10-20-11-9-17(16(12-19)18(20)21)22-13-15-6-4-3-5-7-15/h3-7,9,11,14H,8,10,13H2,1-2H3. The zero-order valence-electron chi connectivity index (χ0n) is 13.0. The minimum absolute atomic E-state index is 0.0715. The van der Waals surface area contributed by atoms with Crippen LogP contribution >= 0.6 is 0 Å². The van der Waals surface area contributed by atoms with E-state index in [0.717, 1.165) is 12.0 Å². The molecule has 0 atom stereocenters. The molecule has 2 rings (SSSR count). The van der Waals surface area contributed by atoms with Crippen molar-refractivity contribution in [1.82, 2.24) is 4.57 Å². The lowest BCUT2D eigenvalue weighted by molar-refractivity contribution is 0.303.